The van der Waals surface area contributed by atoms with Gasteiger partial charge in [-0.05, 0) is 13.0 Å². The quantitative estimate of drug-likeness (QED) is 0.222. The Morgan fingerprint density at radius 1 is 1.64 bits per heavy atom. The Morgan fingerprint density at radius 2 is 2.14 bits per heavy atom. The van der Waals surface area contributed by atoms with Crippen LogP contribution in [-0.4, -0.2) is 29.6 Å². The zero-order valence-electron chi connectivity index (χ0n) is 7.67. The van der Waals surface area contributed by atoms with Crippen LogP contribution in [0.2, 0.25) is 0 Å². The van der Waals surface area contributed by atoms with Gasteiger partial charge in [0.25, 0.3) is 16.0 Å². The van der Waals surface area contributed by atoms with E-state index in [1.165, 1.54) is 6.92 Å². The van der Waals surface area contributed by atoms with Crippen molar-refractivity contribution in [1.29, 1.82) is 0 Å². The molecule has 14 heavy (non-hydrogen) atoms. The fourth-order valence-corrected chi connectivity index (χ4v) is 0.896. The van der Waals surface area contributed by atoms with Gasteiger partial charge in [-0.3, -0.25) is 14.4 Å². The van der Waals surface area contributed by atoms with Crippen molar-refractivity contribution in [2.45, 2.75) is 6.92 Å². The molecule has 0 bridgehead atoms. The van der Waals surface area contributed by atoms with E-state index in [4.69, 9.17) is 10.4 Å². The average Bonchev–Trinajstić information content (AvgIpc) is 2.00. The molecular weight excluding hydrogens is 208 g/mol. The first-order valence-electron chi connectivity index (χ1n) is 3.59. The SMILES string of the molecule is C=C(C)C(=O)N(N)/C=C/CS(=O)(=O)O. The van der Waals surface area contributed by atoms with E-state index in [0.29, 0.717) is 5.01 Å². The van der Waals surface area contributed by atoms with Crippen LogP contribution in [0.4, 0.5) is 0 Å². The fraction of sp³-hybridized carbons (Fsp3) is 0.286. The van der Waals surface area contributed by atoms with Crippen LogP contribution in [0.5, 0.6) is 0 Å². The van der Waals surface area contributed by atoms with Crippen LogP contribution < -0.4 is 5.84 Å². The second-order valence-corrected chi connectivity index (χ2v) is 4.12. The lowest BCUT2D eigenvalue weighted by Gasteiger charge is -2.10. The molecule has 0 heterocycles. The van der Waals surface area contributed by atoms with E-state index in [2.05, 4.69) is 6.58 Å². The largest absolute Gasteiger partial charge is 0.285 e. The zero-order chi connectivity index (χ0) is 11.4. The Balaban J connectivity index is 4.27. The maximum absolute atomic E-state index is 11.0. The monoisotopic (exact) mass is 220 g/mol. The summed E-state index contributed by atoms with van der Waals surface area (Å²) in [5.74, 6) is 4.08. The fourth-order valence-electron chi connectivity index (χ4n) is 0.566. The second kappa shape index (κ2) is 4.89. The highest BCUT2D eigenvalue weighted by Crippen LogP contribution is 1.94. The smallest absolute Gasteiger partial charge is 0.268 e. The van der Waals surface area contributed by atoms with E-state index >= 15 is 0 Å². The molecule has 0 saturated heterocycles. The maximum Gasteiger partial charge on any atom is 0.268 e. The third kappa shape index (κ3) is 5.46. The number of hydrogen-bond acceptors (Lipinski definition) is 4. The van der Waals surface area contributed by atoms with Crippen molar-refractivity contribution < 1.29 is 17.8 Å². The van der Waals surface area contributed by atoms with Crippen molar-refractivity contribution in [2.75, 3.05) is 5.75 Å². The van der Waals surface area contributed by atoms with Gasteiger partial charge in [-0.1, -0.05) is 6.58 Å². The van der Waals surface area contributed by atoms with Crippen LogP contribution in [0.3, 0.4) is 0 Å². The Hall–Kier alpha value is -1.18. The van der Waals surface area contributed by atoms with Crippen molar-refractivity contribution in [2.24, 2.45) is 5.84 Å². The summed E-state index contributed by atoms with van der Waals surface area (Å²) in [5.41, 5.74) is 0.226. The normalized spacial score (nSPS) is 11.6. The van der Waals surface area contributed by atoms with Crippen LogP contribution >= 0.6 is 0 Å². The van der Waals surface area contributed by atoms with Crippen molar-refractivity contribution in [1.82, 2.24) is 5.01 Å². The lowest BCUT2D eigenvalue weighted by molar-refractivity contribution is -0.124. The Labute approximate surface area is 82.4 Å². The third-order valence-corrected chi connectivity index (χ3v) is 1.79. The van der Waals surface area contributed by atoms with Gasteiger partial charge >= 0.3 is 0 Å². The number of nitrogens with zero attached hydrogens (tertiary/aromatic N) is 1. The first-order valence-corrected chi connectivity index (χ1v) is 5.20. The molecule has 3 N–H and O–H groups in total. The molecule has 0 spiro atoms. The summed E-state index contributed by atoms with van der Waals surface area (Å²) in [7, 11) is -4.07. The maximum atomic E-state index is 11.0. The summed E-state index contributed by atoms with van der Waals surface area (Å²) < 4.78 is 28.9. The highest BCUT2D eigenvalue weighted by atomic mass is 32.2. The van der Waals surface area contributed by atoms with Gasteiger partial charge in [0.15, 0.2) is 0 Å². The van der Waals surface area contributed by atoms with Gasteiger partial charge < -0.3 is 0 Å². The van der Waals surface area contributed by atoms with Crippen LogP contribution in [0.1, 0.15) is 6.92 Å². The Kier molecular flexibility index (Phi) is 4.48. The van der Waals surface area contributed by atoms with E-state index in [1.807, 2.05) is 0 Å². The van der Waals surface area contributed by atoms with E-state index in [0.717, 1.165) is 12.3 Å². The number of hydrogen-bond donors (Lipinski definition) is 2. The first kappa shape index (κ1) is 12.8. The van der Waals surface area contributed by atoms with E-state index < -0.39 is 21.8 Å². The Bertz CT molecular complexity index is 358. The zero-order valence-corrected chi connectivity index (χ0v) is 8.49. The number of carbonyl (C=O) groups excluding carboxylic acids is 1. The van der Waals surface area contributed by atoms with Crippen molar-refractivity contribution >= 4 is 16.0 Å². The standard InChI is InChI=1S/C7H12N2O4S/c1-6(2)7(10)9(8)4-3-5-14(11,12)13/h3-4H,1,5,8H2,2H3,(H,11,12,13)/b4-3+. The predicted molar refractivity (Wildman–Crippen MR) is 51.4 cm³/mol. The van der Waals surface area contributed by atoms with Crippen LogP contribution in [-0.2, 0) is 14.9 Å². The second-order valence-electron chi connectivity index (χ2n) is 2.63. The molecule has 0 aromatic carbocycles. The minimum Gasteiger partial charge on any atom is -0.285 e. The molecule has 0 saturated carbocycles. The topological polar surface area (TPSA) is 101 Å². The molecule has 1 amide bonds. The molecule has 0 aromatic heterocycles. The number of rotatable bonds is 4. The predicted octanol–water partition coefficient (Wildman–Crippen LogP) is -0.334. The molecule has 80 valence electrons. The van der Waals surface area contributed by atoms with Gasteiger partial charge in [0, 0.05) is 11.8 Å². The van der Waals surface area contributed by atoms with Gasteiger partial charge in [0.05, 0.1) is 5.75 Å². The summed E-state index contributed by atoms with van der Waals surface area (Å²) >= 11 is 0. The highest BCUT2D eigenvalue weighted by Gasteiger charge is 2.06. The van der Waals surface area contributed by atoms with Crippen molar-refractivity contribution in [3.05, 3.63) is 24.4 Å². The van der Waals surface area contributed by atoms with Gasteiger partial charge in [-0.2, -0.15) is 8.42 Å². The van der Waals surface area contributed by atoms with Crippen molar-refractivity contribution in [3.63, 3.8) is 0 Å². The minimum absolute atomic E-state index is 0.226. The molecule has 0 fully saturated rings. The molecular formula is C7H12N2O4S. The van der Waals surface area contributed by atoms with Crippen molar-refractivity contribution in [3.8, 4) is 0 Å². The van der Waals surface area contributed by atoms with Crippen LogP contribution in [0, 0.1) is 0 Å². The minimum atomic E-state index is -4.07. The number of hydrazine groups is 1. The molecule has 0 unspecified atom stereocenters. The summed E-state index contributed by atoms with van der Waals surface area (Å²) in [6, 6.07) is 0. The van der Waals surface area contributed by atoms with Crippen LogP contribution in [0.25, 0.3) is 0 Å². The van der Waals surface area contributed by atoms with Gasteiger partial charge in [0.2, 0.25) is 0 Å². The molecule has 7 heteroatoms. The van der Waals surface area contributed by atoms with E-state index in [1.54, 1.807) is 0 Å². The lowest BCUT2D eigenvalue weighted by Crippen LogP contribution is -2.32. The molecule has 0 radical (unpaired) electrons. The summed E-state index contributed by atoms with van der Waals surface area (Å²) in [4.78, 5) is 11.0. The first-order chi connectivity index (χ1) is 6.24. The highest BCUT2D eigenvalue weighted by molar-refractivity contribution is 7.85. The average molecular weight is 220 g/mol. The van der Waals surface area contributed by atoms with E-state index in [-0.39, 0.29) is 5.57 Å². The molecule has 6 nitrogen and oxygen atoms in total. The molecule has 0 aliphatic rings. The van der Waals surface area contributed by atoms with E-state index in [9.17, 15) is 13.2 Å². The summed E-state index contributed by atoms with van der Waals surface area (Å²) in [6.07, 6.45) is 2.10. The number of nitrogens with two attached hydrogens (primary N) is 1. The number of amides is 1. The molecule has 0 aliphatic heterocycles. The molecule has 0 rings (SSSR count). The van der Waals surface area contributed by atoms with Crippen LogP contribution in [0.15, 0.2) is 24.4 Å². The Morgan fingerprint density at radius 3 is 2.50 bits per heavy atom. The molecule has 0 aromatic rings. The number of carbonyl (C=O) groups is 1. The third-order valence-electron chi connectivity index (χ3n) is 1.17. The van der Waals surface area contributed by atoms with Gasteiger partial charge in [-0.15, -0.1) is 0 Å². The molecule has 0 aliphatic carbocycles. The lowest BCUT2D eigenvalue weighted by atomic mass is 10.3. The van der Waals surface area contributed by atoms with Gasteiger partial charge in [-0.25, -0.2) is 5.84 Å². The van der Waals surface area contributed by atoms with Gasteiger partial charge in [0.1, 0.15) is 0 Å². The summed E-state index contributed by atoms with van der Waals surface area (Å²) in [5, 5.41) is 0.688. The molecule has 0 atom stereocenters. The summed E-state index contributed by atoms with van der Waals surface area (Å²) in [6.45, 7) is 4.83.